The zero-order chi connectivity index (χ0) is 13.7. The number of carbonyl (C=O) groups is 2. The van der Waals surface area contributed by atoms with E-state index in [2.05, 4.69) is 10.4 Å². The highest BCUT2D eigenvalue weighted by atomic mass is 16.6. The highest BCUT2D eigenvalue weighted by Gasteiger charge is 2.24. The van der Waals surface area contributed by atoms with Crippen molar-refractivity contribution in [2.24, 2.45) is 0 Å². The standard InChI is InChI=1S/C9H12N4O5/c1-10-7(14)3-2-4-12-5-6(13(17)18)8(11-12)9(15)16/h5H,2-4H2,1H3,(H,10,14)(H,15,16). The fraction of sp³-hybridized carbons (Fsp3) is 0.444. The first-order chi connectivity index (χ1) is 8.45. The Labute approximate surface area is 102 Å². The van der Waals surface area contributed by atoms with Gasteiger partial charge in [0.05, 0.1) is 4.92 Å². The lowest BCUT2D eigenvalue weighted by molar-refractivity contribution is -0.385. The number of hydrogen-bond donors (Lipinski definition) is 2. The molecule has 0 aromatic carbocycles. The van der Waals surface area contributed by atoms with Gasteiger partial charge >= 0.3 is 11.7 Å². The second-order valence-corrected chi connectivity index (χ2v) is 3.47. The number of hydrogen-bond acceptors (Lipinski definition) is 5. The second kappa shape index (κ2) is 5.75. The lowest BCUT2D eigenvalue weighted by Crippen LogP contribution is -2.17. The SMILES string of the molecule is CNC(=O)CCCn1cc([N+](=O)[O-])c(C(=O)O)n1. The molecule has 0 aliphatic heterocycles. The molecule has 0 saturated carbocycles. The number of carbonyl (C=O) groups excluding carboxylic acids is 1. The van der Waals surface area contributed by atoms with E-state index in [-0.39, 0.29) is 18.9 Å². The zero-order valence-corrected chi connectivity index (χ0v) is 9.62. The Morgan fingerprint density at radius 2 is 2.28 bits per heavy atom. The molecule has 0 unspecified atom stereocenters. The van der Waals surface area contributed by atoms with E-state index in [1.54, 1.807) is 0 Å². The molecule has 1 rings (SSSR count). The van der Waals surface area contributed by atoms with Crippen LogP contribution < -0.4 is 5.32 Å². The van der Waals surface area contributed by atoms with Crippen molar-refractivity contribution in [3.8, 4) is 0 Å². The molecule has 9 nitrogen and oxygen atoms in total. The van der Waals surface area contributed by atoms with Crippen LogP contribution in [0.15, 0.2) is 6.20 Å². The highest BCUT2D eigenvalue weighted by molar-refractivity contribution is 5.89. The van der Waals surface area contributed by atoms with Crippen molar-refractivity contribution in [1.82, 2.24) is 15.1 Å². The zero-order valence-electron chi connectivity index (χ0n) is 9.62. The molecule has 0 bridgehead atoms. The molecule has 98 valence electrons. The number of rotatable bonds is 6. The summed E-state index contributed by atoms with van der Waals surface area (Å²) >= 11 is 0. The quantitative estimate of drug-likeness (QED) is 0.545. The molecule has 9 heteroatoms. The van der Waals surface area contributed by atoms with E-state index in [1.807, 2.05) is 0 Å². The lowest BCUT2D eigenvalue weighted by Gasteiger charge is -2.00. The van der Waals surface area contributed by atoms with E-state index in [9.17, 15) is 19.7 Å². The van der Waals surface area contributed by atoms with Gasteiger partial charge in [0.15, 0.2) is 0 Å². The van der Waals surface area contributed by atoms with Crippen LogP contribution in [0, 0.1) is 10.1 Å². The molecule has 0 fully saturated rings. The van der Waals surface area contributed by atoms with Crippen LogP contribution in [0.4, 0.5) is 5.69 Å². The Morgan fingerprint density at radius 3 is 2.72 bits per heavy atom. The largest absolute Gasteiger partial charge is 0.476 e. The van der Waals surface area contributed by atoms with Crippen molar-refractivity contribution in [3.05, 3.63) is 22.0 Å². The third kappa shape index (κ3) is 3.27. The van der Waals surface area contributed by atoms with E-state index in [0.717, 1.165) is 10.9 Å². The molecule has 0 atom stereocenters. The summed E-state index contributed by atoms with van der Waals surface area (Å²) in [5.74, 6) is -1.61. The number of nitro groups is 1. The fourth-order valence-corrected chi connectivity index (χ4v) is 1.34. The monoisotopic (exact) mass is 256 g/mol. The van der Waals surface area contributed by atoms with Gasteiger partial charge in [0.1, 0.15) is 6.20 Å². The molecular weight excluding hydrogens is 244 g/mol. The fourth-order valence-electron chi connectivity index (χ4n) is 1.34. The van der Waals surface area contributed by atoms with Gasteiger partial charge in [-0.15, -0.1) is 0 Å². The van der Waals surface area contributed by atoms with Gasteiger partial charge in [0.25, 0.3) is 0 Å². The van der Waals surface area contributed by atoms with Crippen molar-refractivity contribution in [2.75, 3.05) is 7.05 Å². The van der Waals surface area contributed by atoms with Crippen LogP contribution in [-0.2, 0) is 11.3 Å². The first-order valence-electron chi connectivity index (χ1n) is 5.11. The average molecular weight is 256 g/mol. The Morgan fingerprint density at radius 1 is 1.61 bits per heavy atom. The van der Waals surface area contributed by atoms with E-state index >= 15 is 0 Å². The summed E-state index contributed by atoms with van der Waals surface area (Å²) in [7, 11) is 1.50. The molecule has 18 heavy (non-hydrogen) atoms. The molecule has 1 aromatic rings. The van der Waals surface area contributed by atoms with Gasteiger partial charge in [-0.05, 0) is 6.42 Å². The van der Waals surface area contributed by atoms with Gasteiger partial charge in [-0.25, -0.2) is 4.79 Å². The highest BCUT2D eigenvalue weighted by Crippen LogP contribution is 2.16. The number of carboxylic acids is 1. The molecule has 0 radical (unpaired) electrons. The molecule has 0 saturated heterocycles. The van der Waals surface area contributed by atoms with Crippen LogP contribution in [0.1, 0.15) is 23.3 Å². The van der Waals surface area contributed by atoms with Crippen molar-refractivity contribution < 1.29 is 19.6 Å². The summed E-state index contributed by atoms with van der Waals surface area (Å²) < 4.78 is 1.16. The van der Waals surface area contributed by atoms with Crippen LogP contribution >= 0.6 is 0 Å². The molecule has 1 aromatic heterocycles. The second-order valence-electron chi connectivity index (χ2n) is 3.47. The van der Waals surface area contributed by atoms with Gasteiger partial charge in [0, 0.05) is 20.0 Å². The van der Waals surface area contributed by atoms with Crippen LogP contribution in [0.2, 0.25) is 0 Å². The summed E-state index contributed by atoms with van der Waals surface area (Å²) in [4.78, 5) is 31.5. The number of nitrogens with one attached hydrogen (secondary N) is 1. The minimum Gasteiger partial charge on any atom is -0.476 e. The number of nitrogens with zero attached hydrogens (tertiary/aromatic N) is 3. The van der Waals surface area contributed by atoms with Crippen LogP contribution in [0.25, 0.3) is 0 Å². The smallest absolute Gasteiger partial charge is 0.363 e. The predicted molar refractivity (Wildman–Crippen MR) is 59.1 cm³/mol. The lowest BCUT2D eigenvalue weighted by atomic mass is 10.3. The Balaban J connectivity index is 2.73. The van der Waals surface area contributed by atoms with E-state index in [0.29, 0.717) is 6.42 Å². The normalized spacial score (nSPS) is 10.1. The molecule has 2 N–H and O–H groups in total. The predicted octanol–water partition coefficient (Wildman–Crippen LogP) is 0.0157. The van der Waals surface area contributed by atoms with E-state index in [1.165, 1.54) is 7.05 Å². The number of aromatic carboxylic acids is 1. The molecule has 1 amide bonds. The van der Waals surface area contributed by atoms with Crippen LogP contribution in [-0.4, -0.2) is 38.7 Å². The maximum atomic E-state index is 10.9. The molecule has 0 aliphatic rings. The van der Waals surface area contributed by atoms with E-state index in [4.69, 9.17) is 5.11 Å². The Hall–Kier alpha value is -2.45. The van der Waals surface area contributed by atoms with Crippen molar-refractivity contribution in [1.29, 1.82) is 0 Å². The van der Waals surface area contributed by atoms with Crippen molar-refractivity contribution in [2.45, 2.75) is 19.4 Å². The number of amides is 1. The van der Waals surface area contributed by atoms with E-state index < -0.39 is 22.3 Å². The van der Waals surface area contributed by atoms with Crippen molar-refractivity contribution in [3.63, 3.8) is 0 Å². The first-order valence-corrected chi connectivity index (χ1v) is 5.11. The average Bonchev–Trinajstić information content (AvgIpc) is 2.73. The Bertz CT molecular complexity index is 450. The number of aryl methyl sites for hydroxylation is 1. The molecule has 1 heterocycles. The minimum absolute atomic E-state index is 0.157. The Kier molecular flexibility index (Phi) is 4.35. The summed E-state index contributed by atoms with van der Waals surface area (Å²) in [6.45, 7) is 0.238. The third-order valence-electron chi connectivity index (χ3n) is 2.21. The minimum atomic E-state index is -1.45. The van der Waals surface area contributed by atoms with Gasteiger partial charge in [0.2, 0.25) is 11.6 Å². The summed E-state index contributed by atoms with van der Waals surface area (Å²) in [5, 5.41) is 25.4. The van der Waals surface area contributed by atoms with Crippen LogP contribution in [0.5, 0.6) is 0 Å². The molecular formula is C9H12N4O5. The number of aromatic nitrogens is 2. The number of carboxylic acid groups (broad SMARTS) is 1. The third-order valence-corrected chi connectivity index (χ3v) is 2.21. The molecule has 0 spiro atoms. The van der Waals surface area contributed by atoms with Gasteiger partial charge < -0.3 is 10.4 Å². The van der Waals surface area contributed by atoms with Crippen LogP contribution in [0.3, 0.4) is 0 Å². The topological polar surface area (TPSA) is 127 Å². The molecule has 0 aliphatic carbocycles. The van der Waals surface area contributed by atoms with Crippen molar-refractivity contribution >= 4 is 17.6 Å². The van der Waals surface area contributed by atoms with Gasteiger partial charge in [-0.3, -0.25) is 19.6 Å². The summed E-state index contributed by atoms with van der Waals surface area (Å²) in [5.41, 5.74) is -1.15. The summed E-state index contributed by atoms with van der Waals surface area (Å²) in [6, 6.07) is 0. The van der Waals surface area contributed by atoms with Gasteiger partial charge in [-0.2, -0.15) is 5.10 Å². The summed E-state index contributed by atoms with van der Waals surface area (Å²) in [6.07, 6.45) is 1.71. The maximum Gasteiger partial charge on any atom is 0.363 e. The first kappa shape index (κ1) is 13.6. The maximum absolute atomic E-state index is 10.9. The van der Waals surface area contributed by atoms with Gasteiger partial charge in [-0.1, -0.05) is 0 Å².